The maximum Gasteiger partial charge on any atom is 0.257 e. The number of hydrogen-bond donors (Lipinski definition) is 2. The van der Waals surface area contributed by atoms with Gasteiger partial charge in [0.1, 0.15) is 0 Å². The molecule has 0 aliphatic carbocycles. The fraction of sp³-hybridized carbons (Fsp3) is 0.500. The second kappa shape index (κ2) is 8.50. The second-order valence-electron chi connectivity index (χ2n) is 4.46. The first kappa shape index (κ1) is 16.4. The fourth-order valence-electron chi connectivity index (χ4n) is 1.56. The molecule has 112 valence electrons. The van der Waals surface area contributed by atoms with Gasteiger partial charge in [0, 0.05) is 26.3 Å². The molecule has 0 saturated carbocycles. The van der Waals surface area contributed by atoms with Crippen molar-refractivity contribution in [3.63, 3.8) is 0 Å². The van der Waals surface area contributed by atoms with E-state index in [2.05, 4.69) is 5.32 Å². The highest BCUT2D eigenvalue weighted by molar-refractivity contribution is 5.77. The van der Waals surface area contributed by atoms with Gasteiger partial charge in [-0.2, -0.15) is 0 Å². The van der Waals surface area contributed by atoms with Gasteiger partial charge in [-0.15, -0.1) is 0 Å². The quantitative estimate of drug-likeness (QED) is 0.707. The van der Waals surface area contributed by atoms with Crippen LogP contribution in [0.25, 0.3) is 0 Å². The zero-order chi connectivity index (χ0) is 15.0. The number of nitrogens with one attached hydrogen (secondary N) is 1. The van der Waals surface area contributed by atoms with Crippen molar-refractivity contribution in [1.29, 1.82) is 0 Å². The lowest BCUT2D eigenvalue weighted by Gasteiger charge is -2.10. The molecule has 1 amide bonds. The lowest BCUT2D eigenvalue weighted by Crippen LogP contribution is -2.30. The summed E-state index contributed by atoms with van der Waals surface area (Å²) >= 11 is 0. The number of carbonyl (C=O) groups is 1. The molecule has 1 aromatic carbocycles. The van der Waals surface area contributed by atoms with Gasteiger partial charge in [-0.05, 0) is 31.0 Å². The average Bonchev–Trinajstić information content (AvgIpc) is 2.42. The van der Waals surface area contributed by atoms with Crippen LogP contribution < -0.4 is 15.8 Å². The lowest BCUT2D eigenvalue weighted by molar-refractivity contribution is -0.123. The number of amides is 1. The molecule has 1 aromatic rings. The standard InChI is InChI=1S/C14H21FN2O3/c1-10(16)11-4-5-13(12(15)8-11)20-9-14(18)17-6-3-7-19-2/h4-5,8,10H,3,6-7,9,16H2,1-2H3,(H,17,18)/t10-/m1/s1. The van der Waals surface area contributed by atoms with Gasteiger partial charge in [-0.1, -0.05) is 6.07 Å². The zero-order valence-electron chi connectivity index (χ0n) is 11.8. The summed E-state index contributed by atoms with van der Waals surface area (Å²) in [7, 11) is 1.60. The van der Waals surface area contributed by atoms with Gasteiger partial charge >= 0.3 is 0 Å². The van der Waals surface area contributed by atoms with Crippen LogP contribution in [0.15, 0.2) is 18.2 Å². The molecule has 0 aliphatic heterocycles. The summed E-state index contributed by atoms with van der Waals surface area (Å²) in [5, 5.41) is 2.65. The minimum Gasteiger partial charge on any atom is -0.481 e. The topological polar surface area (TPSA) is 73.6 Å². The van der Waals surface area contributed by atoms with E-state index in [0.717, 1.165) is 6.42 Å². The Morgan fingerprint density at radius 1 is 1.50 bits per heavy atom. The summed E-state index contributed by atoms with van der Waals surface area (Å²) in [6.07, 6.45) is 0.722. The molecule has 0 aliphatic rings. The number of methoxy groups -OCH3 is 1. The highest BCUT2D eigenvalue weighted by Gasteiger charge is 2.09. The summed E-state index contributed by atoms with van der Waals surface area (Å²) in [6.45, 7) is 2.63. The molecule has 1 rings (SSSR count). The number of ether oxygens (including phenoxy) is 2. The molecule has 0 saturated heterocycles. The molecule has 0 unspecified atom stereocenters. The van der Waals surface area contributed by atoms with E-state index in [-0.39, 0.29) is 24.3 Å². The van der Waals surface area contributed by atoms with Gasteiger partial charge in [-0.3, -0.25) is 4.79 Å². The summed E-state index contributed by atoms with van der Waals surface area (Å²) in [5.74, 6) is -0.773. The van der Waals surface area contributed by atoms with Crippen molar-refractivity contribution in [2.45, 2.75) is 19.4 Å². The minimum atomic E-state index is -0.521. The monoisotopic (exact) mass is 284 g/mol. The summed E-state index contributed by atoms with van der Waals surface area (Å²) in [6, 6.07) is 4.23. The van der Waals surface area contributed by atoms with Crippen LogP contribution in [0.1, 0.15) is 24.9 Å². The molecule has 5 nitrogen and oxygen atoms in total. The normalized spacial score (nSPS) is 12.0. The summed E-state index contributed by atoms with van der Waals surface area (Å²) in [5.41, 5.74) is 6.33. The minimum absolute atomic E-state index is 0.0430. The molecule has 0 bridgehead atoms. The Kier molecular flexibility index (Phi) is 6.97. The van der Waals surface area contributed by atoms with Crippen molar-refractivity contribution in [2.24, 2.45) is 5.73 Å². The Balaban J connectivity index is 2.39. The van der Waals surface area contributed by atoms with Crippen LogP contribution in [0.3, 0.4) is 0 Å². The first-order valence-electron chi connectivity index (χ1n) is 6.48. The largest absolute Gasteiger partial charge is 0.481 e. The molecule has 0 spiro atoms. The number of nitrogens with two attached hydrogens (primary N) is 1. The van der Waals surface area contributed by atoms with Gasteiger partial charge < -0.3 is 20.5 Å². The van der Waals surface area contributed by atoms with E-state index in [9.17, 15) is 9.18 Å². The molecule has 0 aromatic heterocycles. The first-order valence-corrected chi connectivity index (χ1v) is 6.48. The van der Waals surface area contributed by atoms with Gasteiger partial charge in [0.25, 0.3) is 5.91 Å². The molecule has 20 heavy (non-hydrogen) atoms. The Hall–Kier alpha value is -1.66. The highest BCUT2D eigenvalue weighted by atomic mass is 19.1. The summed E-state index contributed by atoms with van der Waals surface area (Å²) in [4.78, 5) is 11.4. The predicted molar refractivity (Wildman–Crippen MR) is 74.0 cm³/mol. The molecule has 6 heteroatoms. The SMILES string of the molecule is COCCCNC(=O)COc1ccc([C@@H](C)N)cc1F. The highest BCUT2D eigenvalue weighted by Crippen LogP contribution is 2.20. The Morgan fingerprint density at radius 3 is 2.85 bits per heavy atom. The third kappa shape index (κ3) is 5.54. The molecule has 0 radical (unpaired) electrons. The van der Waals surface area contributed by atoms with E-state index in [1.807, 2.05) is 0 Å². The van der Waals surface area contributed by atoms with Crippen LogP contribution in [0.2, 0.25) is 0 Å². The van der Waals surface area contributed by atoms with Crippen molar-refractivity contribution in [3.05, 3.63) is 29.6 Å². The fourth-order valence-corrected chi connectivity index (χ4v) is 1.56. The van der Waals surface area contributed by atoms with Crippen molar-refractivity contribution in [2.75, 3.05) is 26.9 Å². The van der Waals surface area contributed by atoms with Crippen molar-refractivity contribution in [1.82, 2.24) is 5.32 Å². The molecule has 1 atom stereocenters. The number of carbonyl (C=O) groups excluding carboxylic acids is 1. The van der Waals surface area contributed by atoms with Crippen LogP contribution in [0, 0.1) is 5.82 Å². The van der Waals surface area contributed by atoms with Crippen LogP contribution >= 0.6 is 0 Å². The maximum absolute atomic E-state index is 13.7. The van der Waals surface area contributed by atoms with Crippen LogP contribution in [-0.4, -0.2) is 32.8 Å². The van der Waals surface area contributed by atoms with E-state index in [4.69, 9.17) is 15.2 Å². The lowest BCUT2D eigenvalue weighted by atomic mass is 10.1. The van der Waals surface area contributed by atoms with E-state index in [1.54, 1.807) is 20.1 Å². The second-order valence-corrected chi connectivity index (χ2v) is 4.46. The number of benzene rings is 1. The summed E-state index contributed by atoms with van der Waals surface area (Å²) < 4.78 is 23.7. The Bertz CT molecular complexity index is 438. The van der Waals surface area contributed by atoms with E-state index < -0.39 is 5.82 Å². The Labute approximate surface area is 118 Å². The Morgan fingerprint density at radius 2 is 2.25 bits per heavy atom. The maximum atomic E-state index is 13.7. The number of rotatable bonds is 8. The van der Waals surface area contributed by atoms with E-state index in [0.29, 0.717) is 18.7 Å². The number of hydrogen-bond acceptors (Lipinski definition) is 4. The zero-order valence-corrected chi connectivity index (χ0v) is 11.8. The van der Waals surface area contributed by atoms with E-state index in [1.165, 1.54) is 12.1 Å². The number of halogens is 1. The first-order chi connectivity index (χ1) is 9.54. The van der Waals surface area contributed by atoms with Crippen molar-refractivity contribution >= 4 is 5.91 Å². The van der Waals surface area contributed by atoms with Crippen LogP contribution in [-0.2, 0) is 9.53 Å². The third-order valence-corrected chi connectivity index (χ3v) is 2.69. The van der Waals surface area contributed by atoms with Gasteiger partial charge in [0.2, 0.25) is 0 Å². The smallest absolute Gasteiger partial charge is 0.257 e. The molecular weight excluding hydrogens is 263 g/mol. The third-order valence-electron chi connectivity index (χ3n) is 2.69. The molecule has 0 fully saturated rings. The van der Waals surface area contributed by atoms with Crippen LogP contribution in [0.4, 0.5) is 4.39 Å². The average molecular weight is 284 g/mol. The van der Waals surface area contributed by atoms with Gasteiger partial charge in [0.05, 0.1) is 0 Å². The van der Waals surface area contributed by atoms with Crippen molar-refractivity contribution < 1.29 is 18.7 Å². The van der Waals surface area contributed by atoms with Crippen LogP contribution in [0.5, 0.6) is 5.75 Å². The van der Waals surface area contributed by atoms with Gasteiger partial charge in [0.15, 0.2) is 18.2 Å². The molecular formula is C14H21FN2O3. The van der Waals surface area contributed by atoms with Gasteiger partial charge in [-0.25, -0.2) is 4.39 Å². The van der Waals surface area contributed by atoms with E-state index >= 15 is 0 Å². The molecule has 0 heterocycles. The molecule has 3 N–H and O–H groups in total. The predicted octanol–water partition coefficient (Wildman–Crippen LogP) is 1.38. The van der Waals surface area contributed by atoms with Crippen molar-refractivity contribution in [3.8, 4) is 5.75 Å².